The topological polar surface area (TPSA) is 78.5 Å². The van der Waals surface area contributed by atoms with Crippen LogP contribution in [-0.2, 0) is 14.2 Å². The van der Waals surface area contributed by atoms with Gasteiger partial charge in [0.15, 0.2) is 0 Å². The predicted molar refractivity (Wildman–Crippen MR) is 120 cm³/mol. The number of para-hydroxylation sites is 1. The molecule has 0 heterocycles. The van der Waals surface area contributed by atoms with Crippen molar-refractivity contribution in [1.82, 2.24) is 9.76 Å². The second kappa shape index (κ2) is 13.0. The number of hydrogen-bond acceptors (Lipinski definition) is 4. The monoisotopic (exact) mass is 427 g/mol. The van der Waals surface area contributed by atoms with Gasteiger partial charge in [-0.1, -0.05) is 56.3 Å². The van der Waals surface area contributed by atoms with Gasteiger partial charge in [-0.3, -0.25) is 18.8 Å². The maximum absolute atomic E-state index is 13.0. The van der Waals surface area contributed by atoms with Crippen LogP contribution in [0.4, 0.5) is 5.69 Å². The number of carbonyl (C=O) groups is 2. The molecule has 0 aliphatic heterocycles. The van der Waals surface area contributed by atoms with E-state index >= 15 is 0 Å². The third kappa shape index (κ3) is 8.80. The lowest BCUT2D eigenvalue weighted by molar-refractivity contribution is -0.125. The molecule has 0 aromatic heterocycles. The molecule has 2 amide bonds. The smallest absolute Gasteiger partial charge is 0.294 e. The Morgan fingerprint density at radius 3 is 2.29 bits per heavy atom. The average Bonchev–Trinajstić information content (AvgIpc) is 2.70. The Labute approximate surface area is 173 Å². The molecule has 0 aliphatic carbocycles. The summed E-state index contributed by atoms with van der Waals surface area (Å²) in [4.78, 5) is 24.3. The molecule has 1 aromatic rings. The lowest BCUT2D eigenvalue weighted by Crippen LogP contribution is -2.28. The zero-order valence-corrected chi connectivity index (χ0v) is 19.2. The Morgan fingerprint density at radius 1 is 1.11 bits per heavy atom. The summed E-state index contributed by atoms with van der Waals surface area (Å²) in [6.07, 6.45) is 5.05. The fourth-order valence-corrected chi connectivity index (χ4v) is 7.06. The first kappa shape index (κ1) is 24.7. The summed E-state index contributed by atoms with van der Waals surface area (Å²) >= 11 is 1.34. The number of hydrogen-bond donors (Lipinski definition) is 2. The summed E-state index contributed by atoms with van der Waals surface area (Å²) in [6, 6.07) is 9.41. The van der Waals surface area contributed by atoms with Gasteiger partial charge in [0.05, 0.1) is 0 Å². The van der Waals surface area contributed by atoms with E-state index in [1.165, 1.54) is 16.1 Å². The zero-order chi connectivity index (χ0) is 21.0. The first-order chi connectivity index (χ1) is 13.3. The molecule has 2 unspecified atom stereocenters. The minimum atomic E-state index is -2.93. The number of anilines is 1. The maximum atomic E-state index is 13.0. The van der Waals surface area contributed by atoms with Crippen molar-refractivity contribution in [3.63, 3.8) is 0 Å². The van der Waals surface area contributed by atoms with E-state index in [0.29, 0.717) is 12.8 Å². The van der Waals surface area contributed by atoms with Gasteiger partial charge in [-0.15, -0.1) is 0 Å². The quantitative estimate of drug-likeness (QED) is 0.331. The molecular formula is C20H34N3O3PS. The van der Waals surface area contributed by atoms with Crippen molar-refractivity contribution in [2.75, 3.05) is 19.4 Å². The molecule has 0 bridgehead atoms. The van der Waals surface area contributed by atoms with E-state index in [-0.39, 0.29) is 17.1 Å². The molecule has 1 aromatic carbocycles. The summed E-state index contributed by atoms with van der Waals surface area (Å²) in [6.45, 7) is 1.13. The predicted octanol–water partition coefficient (Wildman–Crippen LogP) is 5.28. The molecule has 0 aliphatic rings. The SMILES string of the molecule is CCC(C)SP(=O)(NC)N(C)C(=O)CCCCCCC(=O)Nc1ccccc1. The standard InChI is InChI=1S/C20H34N3O3PS/c1-5-17(2)28-27(26,21-3)23(4)20(25)16-12-7-6-11-15-19(24)22-18-13-9-8-10-14-18/h8-10,13-14,17H,5-7,11-12,15-16H2,1-4H3,(H,21,26)(H,22,24). The van der Waals surface area contributed by atoms with Crippen LogP contribution in [0, 0.1) is 0 Å². The number of nitrogens with one attached hydrogen (secondary N) is 2. The van der Waals surface area contributed by atoms with Crippen LogP contribution >= 0.6 is 18.0 Å². The van der Waals surface area contributed by atoms with Crippen molar-refractivity contribution < 1.29 is 14.2 Å². The van der Waals surface area contributed by atoms with Crippen LogP contribution < -0.4 is 10.4 Å². The maximum Gasteiger partial charge on any atom is 0.294 e. The van der Waals surface area contributed by atoms with Crippen molar-refractivity contribution in [1.29, 1.82) is 0 Å². The number of amides is 2. The molecule has 1 rings (SSSR count). The zero-order valence-electron chi connectivity index (χ0n) is 17.4. The summed E-state index contributed by atoms with van der Waals surface area (Å²) in [5, 5.41) is 5.93. The van der Waals surface area contributed by atoms with Crippen molar-refractivity contribution >= 4 is 35.5 Å². The van der Waals surface area contributed by atoms with Gasteiger partial charge < -0.3 is 5.32 Å². The van der Waals surface area contributed by atoms with E-state index < -0.39 is 6.65 Å². The lowest BCUT2D eigenvalue weighted by Gasteiger charge is -2.28. The van der Waals surface area contributed by atoms with Gasteiger partial charge in [0.1, 0.15) is 0 Å². The van der Waals surface area contributed by atoms with Crippen LogP contribution in [0.25, 0.3) is 0 Å². The van der Waals surface area contributed by atoms with Crippen LogP contribution in [0.2, 0.25) is 0 Å². The summed E-state index contributed by atoms with van der Waals surface area (Å²) in [5.74, 6) is -0.0886. The molecule has 0 saturated carbocycles. The largest absolute Gasteiger partial charge is 0.326 e. The molecule has 0 spiro atoms. The van der Waals surface area contributed by atoms with Gasteiger partial charge in [0, 0.05) is 30.8 Å². The molecule has 8 heteroatoms. The minimum absolute atomic E-state index is 0.0130. The van der Waals surface area contributed by atoms with Gasteiger partial charge >= 0.3 is 0 Å². The van der Waals surface area contributed by atoms with Gasteiger partial charge in [0.25, 0.3) is 6.65 Å². The van der Waals surface area contributed by atoms with Crippen LogP contribution in [0.5, 0.6) is 0 Å². The van der Waals surface area contributed by atoms with Gasteiger partial charge in [-0.2, -0.15) is 0 Å². The number of rotatable bonds is 13. The van der Waals surface area contributed by atoms with E-state index in [0.717, 1.165) is 37.8 Å². The molecule has 0 saturated heterocycles. The Morgan fingerprint density at radius 2 is 1.71 bits per heavy atom. The van der Waals surface area contributed by atoms with Crippen LogP contribution in [-0.4, -0.2) is 35.8 Å². The number of carbonyl (C=O) groups excluding carboxylic acids is 2. The van der Waals surface area contributed by atoms with E-state index in [1.807, 2.05) is 44.2 Å². The first-order valence-corrected chi connectivity index (χ1v) is 13.1. The van der Waals surface area contributed by atoms with Crippen molar-refractivity contribution in [2.24, 2.45) is 0 Å². The second-order valence-electron chi connectivity index (χ2n) is 6.81. The van der Waals surface area contributed by atoms with Crippen LogP contribution in [0.1, 0.15) is 58.8 Å². The fourth-order valence-electron chi connectivity index (χ4n) is 2.56. The Kier molecular flexibility index (Phi) is 11.5. The minimum Gasteiger partial charge on any atom is -0.326 e. The molecule has 0 fully saturated rings. The fraction of sp³-hybridized carbons (Fsp3) is 0.600. The van der Waals surface area contributed by atoms with Crippen molar-refractivity contribution in [3.05, 3.63) is 30.3 Å². The molecule has 158 valence electrons. The number of benzene rings is 1. The molecule has 2 atom stereocenters. The van der Waals surface area contributed by atoms with E-state index in [4.69, 9.17) is 0 Å². The highest BCUT2D eigenvalue weighted by molar-refractivity contribution is 8.57. The third-order valence-corrected chi connectivity index (χ3v) is 10.3. The van der Waals surface area contributed by atoms with E-state index in [1.54, 1.807) is 14.1 Å². The third-order valence-electron chi connectivity index (χ3n) is 4.54. The lowest BCUT2D eigenvalue weighted by atomic mass is 10.1. The van der Waals surface area contributed by atoms with Gasteiger partial charge in [0.2, 0.25) is 11.8 Å². The Hall–Kier alpha value is -1.30. The Balaban J connectivity index is 2.25. The number of nitrogens with zero attached hydrogens (tertiary/aromatic N) is 1. The van der Waals surface area contributed by atoms with E-state index in [2.05, 4.69) is 10.4 Å². The van der Waals surface area contributed by atoms with Crippen LogP contribution in [0.3, 0.4) is 0 Å². The number of unbranched alkanes of at least 4 members (excludes halogenated alkanes) is 3. The van der Waals surface area contributed by atoms with Crippen molar-refractivity contribution in [2.45, 2.75) is 64.0 Å². The van der Waals surface area contributed by atoms with Gasteiger partial charge in [-0.05, 0) is 38.4 Å². The van der Waals surface area contributed by atoms with E-state index in [9.17, 15) is 14.2 Å². The highest BCUT2D eigenvalue weighted by atomic mass is 32.7. The second-order valence-corrected chi connectivity index (χ2v) is 12.0. The van der Waals surface area contributed by atoms with Gasteiger partial charge in [-0.25, -0.2) is 5.09 Å². The highest BCUT2D eigenvalue weighted by Crippen LogP contribution is 2.59. The molecular weight excluding hydrogens is 393 g/mol. The molecule has 2 N–H and O–H groups in total. The van der Waals surface area contributed by atoms with Crippen LogP contribution in [0.15, 0.2) is 30.3 Å². The molecule has 0 radical (unpaired) electrons. The summed E-state index contributed by atoms with van der Waals surface area (Å²) < 4.78 is 14.4. The summed E-state index contributed by atoms with van der Waals surface area (Å²) in [5.41, 5.74) is 0.811. The van der Waals surface area contributed by atoms with Crippen molar-refractivity contribution in [3.8, 4) is 0 Å². The first-order valence-electron chi connectivity index (χ1n) is 9.91. The highest BCUT2D eigenvalue weighted by Gasteiger charge is 2.31. The average molecular weight is 428 g/mol. The Bertz CT molecular complexity index is 657. The molecule has 28 heavy (non-hydrogen) atoms. The molecule has 6 nitrogen and oxygen atoms in total. The normalized spacial score (nSPS) is 14.1. The summed E-state index contributed by atoms with van der Waals surface area (Å²) in [7, 11) is 3.25.